The third-order valence-electron chi connectivity index (χ3n) is 10.3. The number of amides is 4. The van der Waals surface area contributed by atoms with E-state index in [1.54, 1.807) is 31.0 Å². The van der Waals surface area contributed by atoms with E-state index in [1.807, 2.05) is 0 Å². The van der Waals surface area contributed by atoms with E-state index in [2.05, 4.69) is 28.2 Å². The fraction of sp³-hybridized carbons (Fsp3) is 0.639. The summed E-state index contributed by atoms with van der Waals surface area (Å²) in [6, 6.07) is 2.74. The quantitative estimate of drug-likeness (QED) is 0.137. The highest BCUT2D eigenvalue weighted by Crippen LogP contribution is 2.32. The van der Waals surface area contributed by atoms with Crippen LogP contribution >= 0.6 is 0 Å². The fourth-order valence-electron chi connectivity index (χ4n) is 6.99. The minimum atomic E-state index is -0.930. The molecule has 3 fully saturated rings. The molecule has 0 radical (unpaired) electrons. The number of likely N-dealkylation sites (tertiary alicyclic amines) is 1. The van der Waals surface area contributed by atoms with Gasteiger partial charge in [0, 0.05) is 43.9 Å². The van der Waals surface area contributed by atoms with Crippen molar-refractivity contribution in [3.63, 3.8) is 0 Å². The SMILES string of the molecule is CCC(=O)N[C@@H](C(=O)N1CCC(O)CC1)[C@@H](C)c1ccc(NC(=O)[C@@H](NC(=O)/C(C=N)=C/NC2CCCC2)[C@H]2CC[C@H](C)CC2)c(F)c1. The lowest BCUT2D eigenvalue weighted by molar-refractivity contribution is -0.138. The zero-order valence-corrected chi connectivity index (χ0v) is 28.5. The number of hydrogen-bond acceptors (Lipinski definition) is 7. The molecule has 264 valence electrons. The van der Waals surface area contributed by atoms with E-state index in [0.29, 0.717) is 37.4 Å². The maximum atomic E-state index is 15.7. The van der Waals surface area contributed by atoms with Gasteiger partial charge in [0.25, 0.3) is 5.91 Å². The minimum absolute atomic E-state index is 0.0596. The van der Waals surface area contributed by atoms with Crippen LogP contribution in [0.2, 0.25) is 0 Å². The Labute approximate surface area is 283 Å². The largest absolute Gasteiger partial charge is 0.393 e. The van der Waals surface area contributed by atoms with E-state index >= 15 is 4.39 Å². The van der Waals surface area contributed by atoms with Crippen molar-refractivity contribution in [2.24, 2.45) is 11.8 Å². The maximum absolute atomic E-state index is 15.7. The summed E-state index contributed by atoms with van der Waals surface area (Å²) in [5.41, 5.74) is 0.530. The third kappa shape index (κ3) is 9.87. The summed E-state index contributed by atoms with van der Waals surface area (Å²) in [5, 5.41) is 29.3. The van der Waals surface area contributed by atoms with E-state index in [9.17, 15) is 24.3 Å². The molecule has 1 aromatic rings. The number of nitrogens with zero attached hydrogens (tertiary/aromatic N) is 1. The number of aliphatic hydroxyl groups is 1. The van der Waals surface area contributed by atoms with Crippen molar-refractivity contribution in [3.05, 3.63) is 41.4 Å². The van der Waals surface area contributed by atoms with Crippen molar-refractivity contribution in [1.82, 2.24) is 20.9 Å². The van der Waals surface area contributed by atoms with Crippen LogP contribution in [0.1, 0.15) is 103 Å². The van der Waals surface area contributed by atoms with Gasteiger partial charge in [-0.1, -0.05) is 52.5 Å². The van der Waals surface area contributed by atoms with Gasteiger partial charge in [0.2, 0.25) is 17.7 Å². The van der Waals surface area contributed by atoms with Gasteiger partial charge in [-0.05, 0) is 68.1 Å². The van der Waals surface area contributed by atoms with E-state index in [-0.39, 0.29) is 41.5 Å². The van der Waals surface area contributed by atoms with Crippen LogP contribution in [0, 0.1) is 23.1 Å². The summed E-state index contributed by atoms with van der Waals surface area (Å²) in [5.74, 6) is -2.58. The Morgan fingerprint density at radius 3 is 2.29 bits per heavy atom. The number of piperidine rings is 1. The summed E-state index contributed by atoms with van der Waals surface area (Å²) in [6.45, 7) is 6.34. The Bertz CT molecular complexity index is 1330. The van der Waals surface area contributed by atoms with Crippen LogP contribution in [-0.4, -0.2) is 77.2 Å². The number of halogens is 1. The highest BCUT2D eigenvalue weighted by molar-refractivity contribution is 6.12. The molecular weight excluding hydrogens is 615 g/mol. The topological polar surface area (TPSA) is 164 Å². The van der Waals surface area contributed by atoms with Gasteiger partial charge in [-0.25, -0.2) is 4.39 Å². The molecule has 0 aromatic heterocycles. The molecule has 1 aromatic carbocycles. The van der Waals surface area contributed by atoms with E-state index in [1.165, 1.54) is 12.1 Å². The van der Waals surface area contributed by atoms with Gasteiger partial charge >= 0.3 is 0 Å². The molecule has 4 amide bonds. The molecule has 12 heteroatoms. The zero-order chi connectivity index (χ0) is 34.8. The Morgan fingerprint density at radius 1 is 1.02 bits per heavy atom. The van der Waals surface area contributed by atoms with Gasteiger partial charge in [-0.3, -0.25) is 19.2 Å². The smallest absolute Gasteiger partial charge is 0.254 e. The molecular formula is C36H53FN6O5. The van der Waals surface area contributed by atoms with Crippen molar-refractivity contribution in [2.75, 3.05) is 18.4 Å². The van der Waals surface area contributed by atoms with Crippen LogP contribution < -0.4 is 21.3 Å². The monoisotopic (exact) mass is 668 g/mol. The van der Waals surface area contributed by atoms with Gasteiger partial charge in [0.05, 0.1) is 17.4 Å². The lowest BCUT2D eigenvalue weighted by atomic mass is 9.79. The Kier molecular flexibility index (Phi) is 13.5. The molecule has 1 heterocycles. The van der Waals surface area contributed by atoms with E-state index in [4.69, 9.17) is 5.41 Å². The molecule has 0 spiro atoms. The molecule has 1 aliphatic heterocycles. The Balaban J connectivity index is 1.49. The number of benzene rings is 1. The van der Waals surface area contributed by atoms with Crippen LogP contribution in [0.3, 0.4) is 0 Å². The molecule has 0 unspecified atom stereocenters. The summed E-state index contributed by atoms with van der Waals surface area (Å²) in [6.07, 6.45) is 10.7. The first-order valence-electron chi connectivity index (χ1n) is 17.6. The normalized spacial score (nSPS) is 22.7. The van der Waals surface area contributed by atoms with E-state index in [0.717, 1.165) is 57.6 Å². The molecule has 2 saturated carbocycles. The summed E-state index contributed by atoms with van der Waals surface area (Å²) in [7, 11) is 0. The van der Waals surface area contributed by atoms with Gasteiger partial charge in [-0.2, -0.15) is 0 Å². The first-order valence-corrected chi connectivity index (χ1v) is 17.6. The van der Waals surface area contributed by atoms with Crippen molar-refractivity contribution in [1.29, 1.82) is 5.41 Å². The molecule has 4 rings (SSSR count). The van der Waals surface area contributed by atoms with Crippen LogP contribution in [-0.2, 0) is 19.2 Å². The second-order valence-corrected chi connectivity index (χ2v) is 13.8. The molecule has 2 aliphatic carbocycles. The third-order valence-corrected chi connectivity index (χ3v) is 10.3. The predicted octanol–water partition coefficient (Wildman–Crippen LogP) is 4.12. The zero-order valence-electron chi connectivity index (χ0n) is 28.5. The van der Waals surface area contributed by atoms with Crippen LogP contribution in [0.15, 0.2) is 30.0 Å². The summed E-state index contributed by atoms with van der Waals surface area (Å²) >= 11 is 0. The lowest BCUT2D eigenvalue weighted by Gasteiger charge is -2.35. The van der Waals surface area contributed by atoms with Gasteiger partial charge in [0.1, 0.15) is 17.9 Å². The van der Waals surface area contributed by atoms with Crippen LogP contribution in [0.25, 0.3) is 0 Å². The van der Waals surface area contributed by atoms with Crippen molar-refractivity contribution in [3.8, 4) is 0 Å². The molecule has 11 nitrogen and oxygen atoms in total. The standard InChI is InChI=1S/C36H53FN6O5/c1-4-31(45)41-32(36(48)43-17-15-28(44)16-18-43)23(3)25-13-14-30(29(37)19-25)40-35(47)33(24-11-9-22(2)10-12-24)42-34(46)26(20-38)21-39-27-7-5-6-8-27/h13-14,19-24,27-28,32-33,38-39,44H,4-12,15-18H2,1-3H3,(H,40,47)(H,41,45)(H,42,46)/b26-21+,38-20?/t22-,23-,24-,32+,33-/m0/s1. The molecule has 1 saturated heterocycles. The number of nitrogens with one attached hydrogen (secondary N) is 5. The van der Waals surface area contributed by atoms with Crippen LogP contribution in [0.5, 0.6) is 0 Å². The fourth-order valence-corrected chi connectivity index (χ4v) is 6.99. The number of carbonyl (C=O) groups is 4. The molecule has 48 heavy (non-hydrogen) atoms. The lowest BCUT2D eigenvalue weighted by Crippen LogP contribution is -2.53. The molecule has 3 aliphatic rings. The second kappa shape index (κ2) is 17.6. The van der Waals surface area contributed by atoms with Gasteiger partial charge < -0.3 is 36.7 Å². The van der Waals surface area contributed by atoms with Crippen LogP contribution in [0.4, 0.5) is 10.1 Å². The number of rotatable bonds is 13. The van der Waals surface area contributed by atoms with Crippen molar-refractivity contribution >= 4 is 35.5 Å². The first kappa shape index (κ1) is 37.0. The Hall–Kier alpha value is -3.80. The minimum Gasteiger partial charge on any atom is -0.393 e. The number of carbonyl (C=O) groups excluding carboxylic acids is 4. The van der Waals surface area contributed by atoms with Gasteiger partial charge in [-0.15, -0.1) is 0 Å². The average Bonchev–Trinajstić information content (AvgIpc) is 3.61. The predicted molar refractivity (Wildman–Crippen MR) is 183 cm³/mol. The highest BCUT2D eigenvalue weighted by atomic mass is 19.1. The van der Waals surface area contributed by atoms with E-state index < -0.39 is 41.7 Å². The molecule has 6 N–H and O–H groups in total. The maximum Gasteiger partial charge on any atom is 0.254 e. The van der Waals surface area contributed by atoms with Crippen molar-refractivity contribution in [2.45, 2.75) is 122 Å². The number of anilines is 1. The van der Waals surface area contributed by atoms with Gasteiger partial charge in [0.15, 0.2) is 0 Å². The average molecular weight is 669 g/mol. The highest BCUT2D eigenvalue weighted by Gasteiger charge is 2.35. The molecule has 0 bridgehead atoms. The first-order chi connectivity index (χ1) is 23.0. The summed E-state index contributed by atoms with van der Waals surface area (Å²) < 4.78 is 15.7. The molecule has 3 atom stereocenters. The number of aliphatic hydroxyl groups excluding tert-OH is 1. The Morgan fingerprint density at radius 2 is 1.69 bits per heavy atom. The van der Waals surface area contributed by atoms with Crippen molar-refractivity contribution < 1.29 is 28.7 Å². The number of hydrogen-bond donors (Lipinski definition) is 6. The second-order valence-electron chi connectivity index (χ2n) is 13.8. The summed E-state index contributed by atoms with van der Waals surface area (Å²) in [4.78, 5) is 54.5.